The Hall–Kier alpha value is -3.41. The molecule has 0 radical (unpaired) electrons. The standard InChI is InChI=1S/C20H18N2O4/c1-26-15-9-6-14(7-10-15)8-11-18-21-17-5-3-2-4-16(17)20(25)22(18)13-12-19(23)24/h2-11H,12-13H2,1H3,(H,23,24). The first-order valence-electron chi connectivity index (χ1n) is 8.12. The van der Waals surface area contributed by atoms with E-state index in [1.807, 2.05) is 36.4 Å². The van der Waals surface area contributed by atoms with Crippen LogP contribution in [0.15, 0.2) is 53.3 Å². The van der Waals surface area contributed by atoms with Gasteiger partial charge in [-0.15, -0.1) is 0 Å². The Morgan fingerprint density at radius 3 is 2.58 bits per heavy atom. The van der Waals surface area contributed by atoms with Crippen LogP contribution < -0.4 is 10.3 Å². The minimum absolute atomic E-state index is 0.0638. The Bertz CT molecular complexity index is 1020. The minimum Gasteiger partial charge on any atom is -0.497 e. The molecule has 6 heteroatoms. The molecule has 1 aromatic heterocycles. The van der Waals surface area contributed by atoms with Crippen LogP contribution in [0.5, 0.6) is 5.75 Å². The molecule has 132 valence electrons. The van der Waals surface area contributed by atoms with E-state index < -0.39 is 5.97 Å². The van der Waals surface area contributed by atoms with Crippen molar-refractivity contribution in [1.82, 2.24) is 9.55 Å². The van der Waals surface area contributed by atoms with Crippen LogP contribution in [0.1, 0.15) is 17.8 Å². The largest absolute Gasteiger partial charge is 0.497 e. The lowest BCUT2D eigenvalue weighted by Crippen LogP contribution is -2.25. The average molecular weight is 350 g/mol. The van der Waals surface area contributed by atoms with Gasteiger partial charge < -0.3 is 9.84 Å². The maximum absolute atomic E-state index is 12.7. The molecule has 3 rings (SSSR count). The first-order chi connectivity index (χ1) is 12.6. The van der Waals surface area contributed by atoms with Crippen LogP contribution in [-0.2, 0) is 11.3 Å². The predicted octanol–water partition coefficient (Wildman–Crippen LogP) is 3.05. The molecule has 0 spiro atoms. The third kappa shape index (κ3) is 3.80. The van der Waals surface area contributed by atoms with Crippen LogP contribution >= 0.6 is 0 Å². The normalized spacial score (nSPS) is 11.1. The highest BCUT2D eigenvalue weighted by Gasteiger charge is 2.10. The van der Waals surface area contributed by atoms with Crippen molar-refractivity contribution in [3.8, 4) is 5.75 Å². The van der Waals surface area contributed by atoms with Gasteiger partial charge in [-0.1, -0.05) is 30.3 Å². The number of para-hydroxylation sites is 1. The van der Waals surface area contributed by atoms with Crippen LogP contribution in [0, 0.1) is 0 Å². The molecule has 3 aromatic rings. The Labute approximate surface area is 150 Å². The topological polar surface area (TPSA) is 81.4 Å². The van der Waals surface area contributed by atoms with E-state index in [9.17, 15) is 9.59 Å². The molecular formula is C20H18N2O4. The summed E-state index contributed by atoms with van der Waals surface area (Å²) in [4.78, 5) is 28.2. The number of aromatic nitrogens is 2. The number of hydrogen-bond acceptors (Lipinski definition) is 4. The van der Waals surface area contributed by atoms with Crippen LogP contribution in [0.3, 0.4) is 0 Å². The second-order valence-corrected chi connectivity index (χ2v) is 5.69. The Morgan fingerprint density at radius 2 is 1.88 bits per heavy atom. The summed E-state index contributed by atoms with van der Waals surface area (Å²) in [7, 11) is 1.60. The number of fused-ring (bicyclic) bond motifs is 1. The van der Waals surface area contributed by atoms with Gasteiger partial charge in [-0.2, -0.15) is 0 Å². The summed E-state index contributed by atoms with van der Waals surface area (Å²) in [5, 5.41) is 9.43. The molecule has 0 amide bonds. The molecule has 0 bridgehead atoms. The first kappa shape index (κ1) is 17.4. The summed E-state index contributed by atoms with van der Waals surface area (Å²) >= 11 is 0. The molecule has 0 saturated heterocycles. The van der Waals surface area contributed by atoms with E-state index in [-0.39, 0.29) is 18.5 Å². The molecule has 0 aliphatic carbocycles. The zero-order valence-electron chi connectivity index (χ0n) is 14.3. The van der Waals surface area contributed by atoms with Gasteiger partial charge in [-0.05, 0) is 35.9 Å². The number of ether oxygens (including phenoxy) is 1. The lowest BCUT2D eigenvalue weighted by atomic mass is 10.2. The second kappa shape index (κ2) is 7.65. The molecule has 1 heterocycles. The summed E-state index contributed by atoms with van der Waals surface area (Å²) in [5.41, 5.74) is 1.25. The first-order valence-corrected chi connectivity index (χ1v) is 8.12. The second-order valence-electron chi connectivity index (χ2n) is 5.69. The lowest BCUT2D eigenvalue weighted by Gasteiger charge is -2.10. The van der Waals surface area contributed by atoms with Gasteiger partial charge in [0.1, 0.15) is 11.6 Å². The number of carboxylic acid groups (broad SMARTS) is 1. The Balaban J connectivity index is 2.03. The molecule has 6 nitrogen and oxygen atoms in total. The Morgan fingerprint density at radius 1 is 1.15 bits per heavy atom. The van der Waals surface area contributed by atoms with E-state index in [1.165, 1.54) is 4.57 Å². The van der Waals surface area contributed by atoms with Crippen LogP contribution in [0.25, 0.3) is 23.1 Å². The lowest BCUT2D eigenvalue weighted by molar-refractivity contribution is -0.137. The molecule has 0 unspecified atom stereocenters. The molecule has 0 saturated carbocycles. The zero-order valence-corrected chi connectivity index (χ0v) is 14.3. The quantitative estimate of drug-likeness (QED) is 0.739. The number of carbonyl (C=O) groups is 1. The van der Waals surface area contributed by atoms with Gasteiger partial charge in [0, 0.05) is 6.54 Å². The molecular weight excluding hydrogens is 332 g/mol. The number of methoxy groups -OCH3 is 1. The fourth-order valence-corrected chi connectivity index (χ4v) is 2.62. The Kier molecular flexibility index (Phi) is 5.12. The summed E-state index contributed by atoms with van der Waals surface area (Å²) in [6.07, 6.45) is 3.40. The highest BCUT2D eigenvalue weighted by molar-refractivity contribution is 5.79. The van der Waals surface area contributed by atoms with Crippen molar-refractivity contribution in [3.05, 3.63) is 70.3 Å². The van der Waals surface area contributed by atoms with E-state index in [1.54, 1.807) is 31.4 Å². The third-order valence-corrected chi connectivity index (χ3v) is 3.98. The summed E-state index contributed by atoms with van der Waals surface area (Å²) in [5.74, 6) is 0.213. The van der Waals surface area contributed by atoms with Gasteiger partial charge in [0.2, 0.25) is 0 Å². The SMILES string of the molecule is COc1ccc(C=Cc2nc3ccccc3c(=O)n2CCC(=O)O)cc1. The van der Waals surface area contributed by atoms with Gasteiger partial charge >= 0.3 is 5.97 Å². The fraction of sp³-hybridized carbons (Fsp3) is 0.150. The minimum atomic E-state index is -0.963. The highest BCUT2D eigenvalue weighted by Crippen LogP contribution is 2.15. The number of aliphatic carboxylic acids is 1. The maximum Gasteiger partial charge on any atom is 0.305 e. The van der Waals surface area contributed by atoms with Gasteiger partial charge in [-0.25, -0.2) is 4.98 Å². The van der Waals surface area contributed by atoms with Crippen molar-refractivity contribution in [1.29, 1.82) is 0 Å². The number of benzene rings is 2. The van der Waals surface area contributed by atoms with Gasteiger partial charge in [0.15, 0.2) is 0 Å². The van der Waals surface area contributed by atoms with E-state index >= 15 is 0 Å². The average Bonchev–Trinajstić information content (AvgIpc) is 2.66. The molecule has 0 atom stereocenters. The van der Waals surface area contributed by atoms with Gasteiger partial charge in [-0.3, -0.25) is 14.2 Å². The molecule has 0 fully saturated rings. The summed E-state index contributed by atoms with van der Waals surface area (Å²) in [6.45, 7) is 0.0638. The van der Waals surface area contributed by atoms with E-state index in [0.717, 1.165) is 11.3 Å². The van der Waals surface area contributed by atoms with Crippen molar-refractivity contribution < 1.29 is 14.6 Å². The summed E-state index contributed by atoms with van der Waals surface area (Å²) < 4.78 is 6.53. The van der Waals surface area contributed by atoms with Crippen LogP contribution in [-0.4, -0.2) is 27.7 Å². The number of hydrogen-bond donors (Lipinski definition) is 1. The van der Waals surface area contributed by atoms with E-state index in [0.29, 0.717) is 16.7 Å². The molecule has 0 aliphatic heterocycles. The smallest absolute Gasteiger partial charge is 0.305 e. The van der Waals surface area contributed by atoms with Crippen molar-refractivity contribution in [2.75, 3.05) is 7.11 Å². The van der Waals surface area contributed by atoms with Gasteiger partial charge in [0.25, 0.3) is 5.56 Å². The van der Waals surface area contributed by atoms with E-state index in [2.05, 4.69) is 4.98 Å². The van der Waals surface area contributed by atoms with Crippen molar-refractivity contribution in [2.45, 2.75) is 13.0 Å². The zero-order chi connectivity index (χ0) is 18.5. The molecule has 1 N–H and O–H groups in total. The monoisotopic (exact) mass is 350 g/mol. The van der Waals surface area contributed by atoms with E-state index in [4.69, 9.17) is 9.84 Å². The maximum atomic E-state index is 12.7. The van der Waals surface area contributed by atoms with Crippen molar-refractivity contribution in [3.63, 3.8) is 0 Å². The van der Waals surface area contributed by atoms with Crippen LogP contribution in [0.4, 0.5) is 0 Å². The fourth-order valence-electron chi connectivity index (χ4n) is 2.62. The highest BCUT2D eigenvalue weighted by atomic mass is 16.5. The van der Waals surface area contributed by atoms with Crippen molar-refractivity contribution >= 4 is 29.0 Å². The van der Waals surface area contributed by atoms with Gasteiger partial charge in [0.05, 0.1) is 24.4 Å². The predicted molar refractivity (Wildman–Crippen MR) is 100 cm³/mol. The van der Waals surface area contributed by atoms with Crippen molar-refractivity contribution in [2.24, 2.45) is 0 Å². The number of nitrogens with zero attached hydrogens (tertiary/aromatic N) is 2. The molecule has 2 aromatic carbocycles. The summed E-state index contributed by atoms with van der Waals surface area (Å²) in [6, 6.07) is 14.5. The van der Waals surface area contributed by atoms with Crippen LogP contribution in [0.2, 0.25) is 0 Å². The number of carboxylic acids is 1. The molecule has 26 heavy (non-hydrogen) atoms. The third-order valence-electron chi connectivity index (χ3n) is 3.98. The molecule has 0 aliphatic rings. The number of rotatable bonds is 6.